The van der Waals surface area contributed by atoms with E-state index < -0.39 is 0 Å². The van der Waals surface area contributed by atoms with Crippen molar-refractivity contribution in [1.82, 2.24) is 9.97 Å². The first kappa shape index (κ1) is 14.2. The Hall–Kier alpha value is -2.42. The van der Waals surface area contributed by atoms with Crippen molar-refractivity contribution in [3.63, 3.8) is 0 Å². The van der Waals surface area contributed by atoms with Gasteiger partial charge in [0.25, 0.3) is 0 Å². The van der Waals surface area contributed by atoms with Crippen LogP contribution in [-0.4, -0.2) is 9.97 Å². The van der Waals surface area contributed by atoms with Crippen LogP contribution in [0.25, 0.3) is 11.6 Å². The number of hydrogen-bond acceptors (Lipinski definition) is 3. The number of aromatic nitrogens is 2. The summed E-state index contributed by atoms with van der Waals surface area (Å²) in [5.41, 5.74) is 4.70. The van der Waals surface area contributed by atoms with Crippen molar-refractivity contribution < 1.29 is 4.42 Å². The minimum Gasteiger partial charge on any atom is -0.440 e. The van der Waals surface area contributed by atoms with Gasteiger partial charge in [0.05, 0.1) is 5.69 Å². The molecule has 1 aromatic carbocycles. The third-order valence-electron chi connectivity index (χ3n) is 4.63. The average molecular weight is 304 g/mol. The highest BCUT2D eigenvalue weighted by Crippen LogP contribution is 2.33. The molecule has 3 nitrogen and oxygen atoms in total. The van der Waals surface area contributed by atoms with Gasteiger partial charge in [0, 0.05) is 12.6 Å². The largest absolute Gasteiger partial charge is 0.440 e. The summed E-state index contributed by atoms with van der Waals surface area (Å²) in [5, 5.41) is 0. The first-order valence-electron chi connectivity index (χ1n) is 8.26. The molecule has 0 N–H and O–H groups in total. The lowest BCUT2D eigenvalue weighted by Crippen LogP contribution is -2.00. The van der Waals surface area contributed by atoms with Gasteiger partial charge in [0.2, 0.25) is 5.89 Å². The van der Waals surface area contributed by atoms with E-state index in [4.69, 9.17) is 9.40 Å². The molecular formula is C20H20N2O. The molecule has 1 aliphatic carbocycles. The summed E-state index contributed by atoms with van der Waals surface area (Å²) in [6, 6.07) is 14.7. The van der Waals surface area contributed by atoms with E-state index in [9.17, 15) is 0 Å². The van der Waals surface area contributed by atoms with Gasteiger partial charge in [-0.1, -0.05) is 35.9 Å². The molecule has 2 heterocycles. The van der Waals surface area contributed by atoms with Crippen LogP contribution in [0.3, 0.4) is 0 Å². The Morgan fingerprint density at radius 3 is 2.78 bits per heavy atom. The van der Waals surface area contributed by atoms with Gasteiger partial charge in [-0.3, -0.25) is 4.98 Å². The van der Waals surface area contributed by atoms with E-state index in [1.165, 1.54) is 11.1 Å². The van der Waals surface area contributed by atoms with Crippen LogP contribution in [0.5, 0.6) is 0 Å². The number of oxazole rings is 1. The standard InChI is InChI=1S/C20H20N2O/c1-14-5-4-6-16(13-14)15-8-10-17-19(11-9-15)23-20(22-17)18-7-2-3-12-21-18/h2-7,12-13,15H,8-11H2,1H3. The third kappa shape index (κ3) is 2.91. The molecule has 23 heavy (non-hydrogen) atoms. The summed E-state index contributed by atoms with van der Waals surface area (Å²) in [5.74, 6) is 2.29. The molecule has 1 atom stereocenters. The van der Waals surface area contributed by atoms with Crippen LogP contribution in [0.15, 0.2) is 53.1 Å². The molecule has 0 saturated heterocycles. The van der Waals surface area contributed by atoms with Gasteiger partial charge >= 0.3 is 0 Å². The second-order valence-electron chi connectivity index (χ2n) is 6.29. The highest BCUT2D eigenvalue weighted by atomic mass is 16.4. The molecule has 2 aromatic heterocycles. The Morgan fingerprint density at radius 1 is 1.04 bits per heavy atom. The van der Waals surface area contributed by atoms with Crippen molar-refractivity contribution >= 4 is 0 Å². The summed E-state index contributed by atoms with van der Waals surface area (Å²) < 4.78 is 6.01. The lowest BCUT2D eigenvalue weighted by Gasteiger charge is -2.14. The van der Waals surface area contributed by atoms with Crippen LogP contribution in [0, 0.1) is 6.92 Å². The fourth-order valence-electron chi connectivity index (χ4n) is 3.39. The predicted octanol–water partition coefficient (Wildman–Crippen LogP) is 4.71. The maximum atomic E-state index is 6.01. The van der Waals surface area contributed by atoms with Gasteiger partial charge in [-0.2, -0.15) is 0 Å². The summed E-state index contributed by atoms with van der Waals surface area (Å²) in [6.45, 7) is 2.16. The van der Waals surface area contributed by atoms with Crippen molar-refractivity contribution in [2.24, 2.45) is 0 Å². The van der Waals surface area contributed by atoms with Crippen molar-refractivity contribution in [1.29, 1.82) is 0 Å². The molecule has 1 aliphatic rings. The van der Waals surface area contributed by atoms with E-state index in [-0.39, 0.29) is 0 Å². The second kappa shape index (κ2) is 5.99. The summed E-state index contributed by atoms with van der Waals surface area (Å²) in [7, 11) is 0. The minimum absolute atomic E-state index is 0.595. The molecule has 0 aliphatic heterocycles. The zero-order valence-electron chi connectivity index (χ0n) is 13.3. The van der Waals surface area contributed by atoms with Gasteiger partial charge in [-0.15, -0.1) is 0 Å². The quantitative estimate of drug-likeness (QED) is 0.644. The zero-order valence-corrected chi connectivity index (χ0v) is 13.3. The zero-order chi connectivity index (χ0) is 15.6. The number of pyridine rings is 1. The number of benzene rings is 1. The smallest absolute Gasteiger partial charge is 0.245 e. The molecule has 116 valence electrons. The van der Waals surface area contributed by atoms with Crippen molar-refractivity contribution in [3.8, 4) is 11.6 Å². The van der Waals surface area contributed by atoms with Crippen LogP contribution >= 0.6 is 0 Å². The molecule has 0 fully saturated rings. The highest BCUT2D eigenvalue weighted by Gasteiger charge is 2.23. The van der Waals surface area contributed by atoms with Crippen LogP contribution in [-0.2, 0) is 12.8 Å². The molecule has 3 aromatic rings. The number of aryl methyl sites for hydroxylation is 3. The van der Waals surface area contributed by atoms with Crippen LogP contribution in [0.1, 0.15) is 41.3 Å². The second-order valence-corrected chi connectivity index (χ2v) is 6.29. The molecule has 0 saturated carbocycles. The highest BCUT2D eigenvalue weighted by molar-refractivity contribution is 5.47. The maximum Gasteiger partial charge on any atom is 0.245 e. The Bertz CT molecular complexity index is 782. The first-order valence-corrected chi connectivity index (χ1v) is 8.26. The molecular weight excluding hydrogens is 284 g/mol. The van der Waals surface area contributed by atoms with Crippen LogP contribution in [0.4, 0.5) is 0 Å². The maximum absolute atomic E-state index is 6.01. The number of hydrogen-bond donors (Lipinski definition) is 0. The van der Waals surface area contributed by atoms with E-state index in [1.54, 1.807) is 6.20 Å². The fraction of sp³-hybridized carbons (Fsp3) is 0.300. The number of fused-ring (bicyclic) bond motifs is 1. The van der Waals surface area contributed by atoms with Crippen LogP contribution in [0.2, 0.25) is 0 Å². The topological polar surface area (TPSA) is 38.9 Å². The summed E-state index contributed by atoms with van der Waals surface area (Å²) in [6.07, 6.45) is 5.95. The molecule has 0 spiro atoms. The van der Waals surface area contributed by atoms with Gasteiger partial charge in [-0.05, 0) is 49.8 Å². The average Bonchev–Trinajstić information content (AvgIpc) is 2.89. The fourth-order valence-corrected chi connectivity index (χ4v) is 3.39. The van der Waals surface area contributed by atoms with Crippen LogP contribution < -0.4 is 0 Å². The Labute approximate surface area is 136 Å². The predicted molar refractivity (Wildman–Crippen MR) is 90.3 cm³/mol. The summed E-state index contributed by atoms with van der Waals surface area (Å²) in [4.78, 5) is 9.03. The van der Waals surface area contributed by atoms with Crippen molar-refractivity contribution in [2.45, 2.75) is 38.5 Å². The Balaban J connectivity index is 1.56. The van der Waals surface area contributed by atoms with E-state index in [2.05, 4.69) is 36.2 Å². The van der Waals surface area contributed by atoms with Gasteiger partial charge < -0.3 is 4.42 Å². The molecule has 3 heteroatoms. The van der Waals surface area contributed by atoms with E-state index in [0.29, 0.717) is 11.8 Å². The lowest BCUT2D eigenvalue weighted by molar-refractivity contribution is 0.496. The lowest BCUT2D eigenvalue weighted by atomic mass is 9.91. The van der Waals surface area contributed by atoms with E-state index in [0.717, 1.165) is 42.8 Å². The van der Waals surface area contributed by atoms with E-state index >= 15 is 0 Å². The molecule has 4 rings (SSSR count). The SMILES string of the molecule is Cc1cccc(C2CCc3nc(-c4ccccn4)oc3CC2)c1. The Morgan fingerprint density at radius 2 is 1.96 bits per heavy atom. The van der Waals surface area contributed by atoms with Gasteiger partial charge in [-0.25, -0.2) is 4.98 Å². The molecule has 0 bridgehead atoms. The first-order chi connectivity index (χ1) is 11.3. The molecule has 1 unspecified atom stereocenters. The monoisotopic (exact) mass is 304 g/mol. The van der Waals surface area contributed by atoms with E-state index in [1.807, 2.05) is 18.2 Å². The van der Waals surface area contributed by atoms with Gasteiger partial charge in [0.15, 0.2) is 0 Å². The van der Waals surface area contributed by atoms with Crippen molar-refractivity contribution in [2.75, 3.05) is 0 Å². The minimum atomic E-state index is 0.595. The van der Waals surface area contributed by atoms with Crippen molar-refractivity contribution in [3.05, 3.63) is 71.2 Å². The normalized spacial score (nSPS) is 17.5. The Kier molecular flexibility index (Phi) is 3.70. The summed E-state index contributed by atoms with van der Waals surface area (Å²) >= 11 is 0. The number of nitrogens with zero attached hydrogens (tertiary/aromatic N) is 2. The van der Waals surface area contributed by atoms with Gasteiger partial charge in [0.1, 0.15) is 11.5 Å². The number of rotatable bonds is 2. The molecule has 0 radical (unpaired) electrons. The molecule has 0 amide bonds. The third-order valence-corrected chi connectivity index (χ3v) is 4.63.